The van der Waals surface area contributed by atoms with Crippen LogP contribution in [-0.2, 0) is 13.6 Å². The average molecular weight is 365 g/mol. The topological polar surface area (TPSA) is 145 Å². The lowest BCUT2D eigenvalue weighted by Crippen LogP contribution is -2.19. The van der Waals surface area contributed by atoms with Crippen molar-refractivity contribution in [3.8, 4) is 11.8 Å². The first-order chi connectivity index (χ1) is 13.0. The van der Waals surface area contributed by atoms with Crippen molar-refractivity contribution in [1.82, 2.24) is 19.1 Å². The maximum Gasteiger partial charge on any atom is 0.299 e. The minimum absolute atomic E-state index is 0.0890. The highest BCUT2D eigenvalue weighted by atomic mass is 16.1. The molecule has 10 nitrogen and oxygen atoms in total. The van der Waals surface area contributed by atoms with E-state index in [1.165, 1.54) is 9.36 Å². The fourth-order valence-corrected chi connectivity index (χ4v) is 2.68. The number of nitriles is 1. The predicted molar refractivity (Wildman–Crippen MR) is 101 cm³/mol. The Morgan fingerprint density at radius 3 is 2.52 bits per heavy atom. The molecule has 0 spiro atoms. The van der Waals surface area contributed by atoms with Gasteiger partial charge in [0.25, 0.3) is 5.56 Å². The van der Waals surface area contributed by atoms with E-state index in [0.29, 0.717) is 12.2 Å². The second kappa shape index (κ2) is 7.17. The Hall–Kier alpha value is -3.87. The Bertz CT molecular complexity index is 1100. The van der Waals surface area contributed by atoms with Crippen molar-refractivity contribution in [3.05, 3.63) is 46.4 Å². The van der Waals surface area contributed by atoms with Gasteiger partial charge in [-0.3, -0.25) is 9.48 Å². The van der Waals surface area contributed by atoms with Crippen molar-refractivity contribution >= 4 is 23.0 Å². The molecule has 3 aromatic rings. The molecule has 138 valence electrons. The zero-order valence-electron chi connectivity index (χ0n) is 15.0. The summed E-state index contributed by atoms with van der Waals surface area (Å²) < 4.78 is 4.61. The summed E-state index contributed by atoms with van der Waals surface area (Å²) in [5.74, 6) is 0.287. The van der Waals surface area contributed by atoms with Crippen LogP contribution in [0.1, 0.15) is 12.1 Å². The van der Waals surface area contributed by atoms with Crippen LogP contribution in [0.2, 0.25) is 0 Å². The molecule has 0 radical (unpaired) electrons. The van der Waals surface area contributed by atoms with E-state index in [-0.39, 0.29) is 35.0 Å². The summed E-state index contributed by atoms with van der Waals surface area (Å²) in [6.07, 6.45) is 0.238. The fraction of sp³-hybridized carbons (Fsp3) is 0.235. The number of hydrogen-bond donors (Lipinski definition) is 2. The molecule has 0 atom stereocenters. The molecule has 4 N–H and O–H groups in total. The number of anilines is 2. The minimum atomic E-state index is -0.307. The molecule has 0 amide bonds. The summed E-state index contributed by atoms with van der Waals surface area (Å²) in [6, 6.07) is 11.2. The first-order valence-electron chi connectivity index (χ1n) is 8.20. The smallest absolute Gasteiger partial charge is 0.299 e. The van der Waals surface area contributed by atoms with Crippen LogP contribution in [0.25, 0.3) is 5.69 Å². The molecule has 0 aliphatic rings. The maximum absolute atomic E-state index is 12.8. The fourth-order valence-electron chi connectivity index (χ4n) is 2.68. The molecular weight excluding hydrogens is 346 g/mol. The number of aryl methyl sites for hydroxylation is 1. The molecule has 10 heteroatoms. The second-order valence-electron chi connectivity index (χ2n) is 5.86. The number of nitrogen functional groups attached to an aromatic ring is 2. The normalized spacial score (nSPS) is 11.1. The largest absolute Gasteiger partial charge is 0.382 e. The van der Waals surface area contributed by atoms with Crippen LogP contribution in [0.15, 0.2) is 45.4 Å². The van der Waals surface area contributed by atoms with Gasteiger partial charge in [0, 0.05) is 7.05 Å². The molecule has 0 bridgehead atoms. The van der Waals surface area contributed by atoms with Crippen molar-refractivity contribution in [2.24, 2.45) is 17.3 Å². The number of nitrogens with zero attached hydrogens (tertiary/aromatic N) is 7. The summed E-state index contributed by atoms with van der Waals surface area (Å²) in [6.45, 7) is 2.07. The van der Waals surface area contributed by atoms with Crippen LogP contribution in [0.4, 0.5) is 23.0 Å². The van der Waals surface area contributed by atoms with Gasteiger partial charge in [0.1, 0.15) is 0 Å². The lowest BCUT2D eigenvalue weighted by atomic mass is 10.3. The highest BCUT2D eigenvalue weighted by molar-refractivity contribution is 5.71. The molecular formula is C17H19N9O. The summed E-state index contributed by atoms with van der Waals surface area (Å²) in [5.41, 5.74) is 13.2. The van der Waals surface area contributed by atoms with E-state index in [9.17, 15) is 4.79 Å². The van der Waals surface area contributed by atoms with E-state index < -0.39 is 0 Å². The highest BCUT2D eigenvalue weighted by Gasteiger charge is 2.17. The number of hydrogen-bond acceptors (Lipinski definition) is 7. The van der Waals surface area contributed by atoms with Crippen molar-refractivity contribution < 1.29 is 0 Å². The number of para-hydroxylation sites is 1. The third-order valence-electron chi connectivity index (χ3n) is 4.20. The Kier molecular flexibility index (Phi) is 4.76. The molecule has 3 rings (SSSR count). The Labute approximate surface area is 154 Å². The number of nitrogens with two attached hydrogens (primary N) is 2. The van der Waals surface area contributed by atoms with E-state index in [1.807, 2.05) is 36.4 Å². The van der Waals surface area contributed by atoms with E-state index in [0.717, 1.165) is 5.69 Å². The molecule has 0 aliphatic heterocycles. The number of benzene rings is 1. The monoisotopic (exact) mass is 365 g/mol. The van der Waals surface area contributed by atoms with Gasteiger partial charge in [-0.1, -0.05) is 18.2 Å². The van der Waals surface area contributed by atoms with Crippen molar-refractivity contribution in [3.63, 3.8) is 0 Å². The van der Waals surface area contributed by atoms with Gasteiger partial charge >= 0.3 is 0 Å². The molecule has 1 aromatic carbocycles. The highest BCUT2D eigenvalue weighted by Crippen LogP contribution is 2.31. The molecule has 0 unspecified atom stereocenters. The number of aromatic nitrogens is 4. The summed E-state index contributed by atoms with van der Waals surface area (Å²) in [7, 11) is 1.77. The Balaban J connectivity index is 2.02. The van der Waals surface area contributed by atoms with Crippen LogP contribution in [-0.4, -0.2) is 19.1 Å². The Morgan fingerprint density at radius 1 is 1.19 bits per heavy atom. The van der Waals surface area contributed by atoms with Crippen molar-refractivity contribution in [1.29, 1.82) is 5.26 Å². The molecule has 27 heavy (non-hydrogen) atoms. The van der Waals surface area contributed by atoms with Crippen LogP contribution in [0, 0.1) is 18.3 Å². The minimum Gasteiger partial charge on any atom is -0.382 e. The van der Waals surface area contributed by atoms with Crippen LogP contribution in [0.5, 0.6) is 0 Å². The van der Waals surface area contributed by atoms with Gasteiger partial charge in [0.2, 0.25) is 0 Å². The van der Waals surface area contributed by atoms with Crippen LogP contribution in [0.3, 0.4) is 0 Å². The van der Waals surface area contributed by atoms with E-state index >= 15 is 0 Å². The van der Waals surface area contributed by atoms with Gasteiger partial charge in [-0.15, -0.1) is 10.2 Å². The molecule has 0 aliphatic carbocycles. The van der Waals surface area contributed by atoms with Crippen molar-refractivity contribution in [2.75, 3.05) is 11.5 Å². The number of rotatable bonds is 5. The van der Waals surface area contributed by atoms with Gasteiger partial charge in [0.15, 0.2) is 23.0 Å². The second-order valence-corrected chi connectivity index (χ2v) is 5.86. The zero-order valence-corrected chi connectivity index (χ0v) is 15.0. The average Bonchev–Trinajstić information content (AvgIpc) is 3.05. The molecule has 0 fully saturated rings. The third-order valence-corrected chi connectivity index (χ3v) is 4.20. The molecule has 0 saturated carbocycles. The lowest BCUT2D eigenvalue weighted by molar-refractivity contribution is 0.630. The SMILES string of the molecule is Cc1c(N=Nc2c(N)nn(CCC#N)c2N)c(=O)n(-c2ccccc2)n1C. The van der Waals surface area contributed by atoms with E-state index in [2.05, 4.69) is 15.3 Å². The lowest BCUT2D eigenvalue weighted by Gasteiger charge is -2.07. The van der Waals surface area contributed by atoms with Gasteiger partial charge < -0.3 is 11.5 Å². The molecule has 0 saturated heterocycles. The molecule has 2 heterocycles. The van der Waals surface area contributed by atoms with Crippen LogP contribution < -0.4 is 17.0 Å². The quantitative estimate of drug-likeness (QED) is 0.665. The van der Waals surface area contributed by atoms with Gasteiger partial charge in [-0.2, -0.15) is 10.4 Å². The van der Waals surface area contributed by atoms with Gasteiger partial charge in [-0.25, -0.2) is 9.36 Å². The van der Waals surface area contributed by atoms with Crippen LogP contribution >= 0.6 is 0 Å². The maximum atomic E-state index is 12.8. The van der Waals surface area contributed by atoms with E-state index in [1.54, 1.807) is 18.7 Å². The zero-order chi connectivity index (χ0) is 19.6. The standard InChI is InChI=1S/C17H19N9O/c1-11-13(17(27)26(24(11)2)12-7-4-3-5-8-12)21-22-14-15(19)23-25(16(14)20)10-6-9-18/h3-5,7-8H,6,10,20H2,1-2H3,(H2,19,23). The third kappa shape index (κ3) is 3.18. The summed E-state index contributed by atoms with van der Waals surface area (Å²) in [5, 5.41) is 20.9. The summed E-state index contributed by atoms with van der Waals surface area (Å²) in [4.78, 5) is 12.8. The molecule has 2 aromatic heterocycles. The predicted octanol–water partition coefficient (Wildman–Crippen LogP) is 2.17. The first-order valence-corrected chi connectivity index (χ1v) is 8.20. The van der Waals surface area contributed by atoms with Gasteiger partial charge in [-0.05, 0) is 19.1 Å². The first kappa shape index (κ1) is 17.9. The van der Waals surface area contributed by atoms with Crippen molar-refractivity contribution in [2.45, 2.75) is 19.9 Å². The van der Waals surface area contributed by atoms with E-state index in [4.69, 9.17) is 16.7 Å². The Morgan fingerprint density at radius 2 is 1.85 bits per heavy atom. The van der Waals surface area contributed by atoms with Gasteiger partial charge in [0.05, 0.1) is 30.4 Å². The number of azo groups is 1. The summed E-state index contributed by atoms with van der Waals surface area (Å²) >= 11 is 0.